The van der Waals surface area contributed by atoms with Gasteiger partial charge in [-0.3, -0.25) is 4.99 Å². The number of hydrogen-bond acceptors (Lipinski definition) is 4. The molecule has 2 aromatic rings. The van der Waals surface area contributed by atoms with E-state index < -0.39 is 0 Å². The average molecular weight is 332 g/mol. The molecule has 0 spiro atoms. The maximum Gasteiger partial charge on any atom is 0.191 e. The van der Waals surface area contributed by atoms with E-state index in [-0.39, 0.29) is 0 Å². The van der Waals surface area contributed by atoms with Crippen molar-refractivity contribution >= 4 is 17.3 Å². The van der Waals surface area contributed by atoms with Crippen molar-refractivity contribution in [1.82, 2.24) is 15.6 Å². The number of guanidine groups is 1. The molecule has 0 amide bonds. The molecule has 0 radical (unpaired) electrons. The normalized spacial score (nSPS) is 11.4. The van der Waals surface area contributed by atoms with Crippen LogP contribution in [-0.4, -0.2) is 30.6 Å². The lowest BCUT2D eigenvalue weighted by Crippen LogP contribution is -2.38. The Labute approximate surface area is 141 Å². The van der Waals surface area contributed by atoms with Gasteiger partial charge in [-0.15, -0.1) is 17.9 Å². The molecule has 2 heterocycles. The van der Waals surface area contributed by atoms with Crippen LogP contribution in [0.4, 0.5) is 0 Å². The van der Waals surface area contributed by atoms with Crippen LogP contribution >= 0.6 is 11.3 Å². The van der Waals surface area contributed by atoms with Crippen LogP contribution < -0.4 is 10.6 Å². The standard InChI is InChI=1S/C17H24N4OS/c1-3-9-18-17(19-10-7-14-6-5-12-22-14)20-11-8-16-21-13-15(4-2)23-16/h3,5-6,12-13H,1,4,7-11H2,2H3,(H2,18,19,20). The maximum atomic E-state index is 5.33. The first-order chi connectivity index (χ1) is 11.3. The van der Waals surface area contributed by atoms with Crippen LogP contribution in [-0.2, 0) is 19.3 Å². The molecule has 0 saturated heterocycles. The van der Waals surface area contributed by atoms with Gasteiger partial charge in [-0.2, -0.15) is 0 Å². The Morgan fingerprint density at radius 1 is 1.43 bits per heavy atom. The molecule has 0 aliphatic rings. The second kappa shape index (κ2) is 9.84. The molecule has 0 bridgehead atoms. The Balaban J connectivity index is 1.79. The van der Waals surface area contributed by atoms with Crippen LogP contribution in [0.3, 0.4) is 0 Å². The fourth-order valence-electron chi connectivity index (χ4n) is 1.99. The van der Waals surface area contributed by atoms with Crippen molar-refractivity contribution in [3.8, 4) is 0 Å². The minimum atomic E-state index is 0.684. The summed E-state index contributed by atoms with van der Waals surface area (Å²) in [4.78, 5) is 10.3. The summed E-state index contributed by atoms with van der Waals surface area (Å²) in [5.74, 6) is 1.76. The van der Waals surface area contributed by atoms with Crippen molar-refractivity contribution in [2.24, 2.45) is 4.99 Å². The highest BCUT2D eigenvalue weighted by atomic mass is 32.1. The van der Waals surface area contributed by atoms with Gasteiger partial charge in [0.2, 0.25) is 0 Å². The summed E-state index contributed by atoms with van der Waals surface area (Å²) in [6.07, 6.45) is 8.21. The van der Waals surface area contributed by atoms with Gasteiger partial charge in [-0.25, -0.2) is 4.98 Å². The number of rotatable bonds is 9. The number of nitrogens with zero attached hydrogens (tertiary/aromatic N) is 2. The highest BCUT2D eigenvalue weighted by Gasteiger charge is 2.02. The van der Waals surface area contributed by atoms with Crippen LogP contribution in [0, 0.1) is 0 Å². The molecule has 2 aromatic heterocycles. The third-order valence-corrected chi connectivity index (χ3v) is 4.40. The van der Waals surface area contributed by atoms with E-state index in [1.165, 1.54) is 4.88 Å². The quantitative estimate of drug-likeness (QED) is 0.421. The number of furan rings is 1. The largest absolute Gasteiger partial charge is 0.469 e. The van der Waals surface area contributed by atoms with E-state index in [9.17, 15) is 0 Å². The Kier molecular flexibility index (Phi) is 7.39. The number of hydrogen-bond donors (Lipinski definition) is 2. The van der Waals surface area contributed by atoms with Crippen molar-refractivity contribution in [1.29, 1.82) is 0 Å². The van der Waals surface area contributed by atoms with Gasteiger partial charge in [0.25, 0.3) is 0 Å². The van der Waals surface area contributed by atoms with Crippen LogP contribution in [0.2, 0.25) is 0 Å². The molecule has 0 aliphatic heterocycles. The lowest BCUT2D eigenvalue weighted by Gasteiger charge is -2.10. The molecule has 0 unspecified atom stereocenters. The first kappa shape index (κ1) is 17.3. The van der Waals surface area contributed by atoms with Crippen molar-refractivity contribution in [3.05, 3.63) is 52.9 Å². The first-order valence-corrected chi connectivity index (χ1v) is 8.72. The summed E-state index contributed by atoms with van der Waals surface area (Å²) < 4.78 is 5.33. The van der Waals surface area contributed by atoms with E-state index in [4.69, 9.17) is 4.42 Å². The Bertz CT molecular complexity index is 604. The summed E-state index contributed by atoms with van der Waals surface area (Å²) in [6.45, 7) is 8.04. The molecule has 23 heavy (non-hydrogen) atoms. The van der Waals surface area contributed by atoms with Gasteiger partial charge in [0.1, 0.15) is 5.76 Å². The molecule has 6 heteroatoms. The zero-order valence-corrected chi connectivity index (χ0v) is 14.4. The lowest BCUT2D eigenvalue weighted by molar-refractivity contribution is 0.507. The monoisotopic (exact) mass is 332 g/mol. The third-order valence-electron chi connectivity index (χ3n) is 3.20. The molecule has 0 aliphatic carbocycles. The first-order valence-electron chi connectivity index (χ1n) is 7.91. The molecule has 0 saturated carbocycles. The summed E-state index contributed by atoms with van der Waals surface area (Å²) in [5, 5.41) is 7.68. The molecule has 2 N–H and O–H groups in total. The van der Waals surface area contributed by atoms with Crippen molar-refractivity contribution in [3.63, 3.8) is 0 Å². The van der Waals surface area contributed by atoms with Crippen LogP contribution in [0.25, 0.3) is 0 Å². The number of nitrogens with one attached hydrogen (secondary N) is 2. The minimum absolute atomic E-state index is 0.684. The number of aromatic nitrogens is 1. The van der Waals surface area contributed by atoms with Crippen LogP contribution in [0.5, 0.6) is 0 Å². The summed E-state index contributed by atoms with van der Waals surface area (Å²) in [6, 6.07) is 3.88. The molecular weight excluding hydrogens is 308 g/mol. The second-order valence-corrected chi connectivity index (χ2v) is 6.18. The molecule has 0 atom stereocenters. The fourth-order valence-corrected chi connectivity index (χ4v) is 2.84. The molecule has 0 aromatic carbocycles. The number of thiazole rings is 1. The zero-order chi connectivity index (χ0) is 16.3. The zero-order valence-electron chi connectivity index (χ0n) is 13.5. The third kappa shape index (κ3) is 6.28. The van der Waals surface area contributed by atoms with Gasteiger partial charge < -0.3 is 15.1 Å². The summed E-state index contributed by atoms with van der Waals surface area (Å²) in [5.41, 5.74) is 0. The van der Waals surface area contributed by atoms with Crippen LogP contribution in [0.15, 0.2) is 46.7 Å². The van der Waals surface area contributed by atoms with Gasteiger partial charge in [-0.1, -0.05) is 13.0 Å². The van der Waals surface area contributed by atoms with Gasteiger partial charge >= 0.3 is 0 Å². The van der Waals surface area contributed by atoms with Gasteiger partial charge in [0.05, 0.1) is 11.3 Å². The van der Waals surface area contributed by atoms with Crippen molar-refractivity contribution < 1.29 is 4.42 Å². The summed E-state index contributed by atoms with van der Waals surface area (Å²) >= 11 is 1.77. The molecule has 124 valence electrons. The van der Waals surface area contributed by atoms with E-state index in [0.717, 1.165) is 42.5 Å². The minimum Gasteiger partial charge on any atom is -0.469 e. The Morgan fingerprint density at radius 3 is 3.04 bits per heavy atom. The predicted molar refractivity (Wildman–Crippen MR) is 96.1 cm³/mol. The Morgan fingerprint density at radius 2 is 2.35 bits per heavy atom. The molecule has 0 fully saturated rings. The van der Waals surface area contributed by atoms with Gasteiger partial charge in [-0.05, 0) is 18.6 Å². The fraction of sp³-hybridized carbons (Fsp3) is 0.412. The van der Waals surface area contributed by atoms with E-state index >= 15 is 0 Å². The topological polar surface area (TPSA) is 62.5 Å². The maximum absolute atomic E-state index is 5.33. The highest BCUT2D eigenvalue weighted by Crippen LogP contribution is 2.13. The van der Waals surface area contributed by atoms with E-state index in [1.54, 1.807) is 17.6 Å². The lowest BCUT2D eigenvalue weighted by atomic mass is 10.3. The van der Waals surface area contributed by atoms with E-state index in [0.29, 0.717) is 13.1 Å². The van der Waals surface area contributed by atoms with E-state index in [1.807, 2.05) is 24.4 Å². The number of aliphatic imine (C=N–C) groups is 1. The smallest absolute Gasteiger partial charge is 0.191 e. The number of aryl methyl sites for hydroxylation is 1. The van der Waals surface area contributed by atoms with Crippen molar-refractivity contribution in [2.75, 3.05) is 19.6 Å². The van der Waals surface area contributed by atoms with Gasteiger partial charge in [0, 0.05) is 43.5 Å². The predicted octanol–water partition coefficient (Wildman–Crippen LogP) is 2.80. The molecular formula is C17H24N4OS. The SMILES string of the molecule is C=CCNC(=NCCc1ncc(CC)s1)NCCc1ccco1. The van der Waals surface area contributed by atoms with Crippen molar-refractivity contribution in [2.45, 2.75) is 26.2 Å². The second-order valence-electron chi connectivity index (χ2n) is 4.98. The molecule has 5 nitrogen and oxygen atoms in total. The molecule has 2 rings (SSSR count). The van der Waals surface area contributed by atoms with E-state index in [2.05, 4.69) is 34.1 Å². The highest BCUT2D eigenvalue weighted by molar-refractivity contribution is 7.11. The summed E-state index contributed by atoms with van der Waals surface area (Å²) in [7, 11) is 0. The van der Waals surface area contributed by atoms with Crippen LogP contribution in [0.1, 0.15) is 22.6 Å². The van der Waals surface area contributed by atoms with Gasteiger partial charge in [0.15, 0.2) is 5.96 Å². The Hall–Kier alpha value is -2.08. The average Bonchev–Trinajstić information content (AvgIpc) is 3.23.